The van der Waals surface area contributed by atoms with Gasteiger partial charge in [-0.3, -0.25) is 9.59 Å². The van der Waals surface area contributed by atoms with Gasteiger partial charge in [-0.25, -0.2) is 4.79 Å². The Bertz CT molecular complexity index is 1100. The van der Waals surface area contributed by atoms with Gasteiger partial charge in [0.1, 0.15) is 17.2 Å². The molecular weight excluding hydrogens is 396 g/mol. The fourth-order valence-electron chi connectivity index (χ4n) is 3.23. The third kappa shape index (κ3) is 5.19. The number of aromatic nitrogens is 1. The summed E-state index contributed by atoms with van der Waals surface area (Å²) in [7, 11) is 0. The number of hydrogen-bond acceptors (Lipinski definition) is 5. The van der Waals surface area contributed by atoms with Gasteiger partial charge in [-0.2, -0.15) is 0 Å². The zero-order valence-electron chi connectivity index (χ0n) is 17.8. The van der Waals surface area contributed by atoms with Crippen molar-refractivity contribution in [3.63, 3.8) is 0 Å². The minimum absolute atomic E-state index is 0.143. The fourth-order valence-corrected chi connectivity index (χ4v) is 3.23. The molecule has 2 N–H and O–H groups in total. The van der Waals surface area contributed by atoms with Crippen molar-refractivity contribution >= 4 is 23.3 Å². The smallest absolute Gasteiger partial charge is 0.355 e. The number of ether oxygens (including phenoxy) is 2. The Labute approximate surface area is 180 Å². The molecule has 0 radical (unpaired) electrons. The Morgan fingerprint density at radius 2 is 1.55 bits per heavy atom. The number of para-hydroxylation sites is 1. The summed E-state index contributed by atoms with van der Waals surface area (Å²) in [4.78, 5) is 39.5. The van der Waals surface area contributed by atoms with Crippen LogP contribution in [0.15, 0.2) is 54.6 Å². The van der Waals surface area contributed by atoms with E-state index in [2.05, 4.69) is 10.3 Å². The summed E-state index contributed by atoms with van der Waals surface area (Å²) in [5.74, 6) is 0.0288. The van der Waals surface area contributed by atoms with Crippen LogP contribution in [-0.4, -0.2) is 28.7 Å². The third-order valence-electron chi connectivity index (χ3n) is 4.75. The third-order valence-corrected chi connectivity index (χ3v) is 4.75. The van der Waals surface area contributed by atoms with Crippen molar-refractivity contribution < 1.29 is 23.9 Å². The number of ketones is 1. The van der Waals surface area contributed by atoms with E-state index in [1.165, 1.54) is 13.8 Å². The van der Waals surface area contributed by atoms with Gasteiger partial charge in [0, 0.05) is 16.9 Å². The number of amides is 1. The number of esters is 1. The topological polar surface area (TPSA) is 97.5 Å². The van der Waals surface area contributed by atoms with E-state index >= 15 is 0 Å². The van der Waals surface area contributed by atoms with Crippen LogP contribution in [0.4, 0.5) is 5.69 Å². The number of nitrogens with one attached hydrogen (secondary N) is 2. The predicted octanol–water partition coefficient (Wildman–Crippen LogP) is 4.81. The van der Waals surface area contributed by atoms with Crippen molar-refractivity contribution in [3.8, 4) is 11.5 Å². The van der Waals surface area contributed by atoms with Crippen molar-refractivity contribution in [1.29, 1.82) is 0 Å². The first-order valence-corrected chi connectivity index (χ1v) is 9.81. The monoisotopic (exact) mass is 420 g/mol. The molecule has 1 heterocycles. The fraction of sp³-hybridized carbons (Fsp3) is 0.208. The second-order valence-corrected chi connectivity index (χ2v) is 7.16. The molecule has 0 spiro atoms. The molecule has 7 nitrogen and oxygen atoms in total. The molecular formula is C24H24N2O5. The summed E-state index contributed by atoms with van der Waals surface area (Å²) in [6.07, 6.45) is -1.03. The number of H-pyrrole nitrogens is 1. The van der Waals surface area contributed by atoms with Gasteiger partial charge < -0.3 is 19.8 Å². The first kappa shape index (κ1) is 21.8. The van der Waals surface area contributed by atoms with Crippen LogP contribution in [0.3, 0.4) is 0 Å². The maximum absolute atomic E-state index is 12.5. The average Bonchev–Trinajstić information content (AvgIpc) is 3.04. The van der Waals surface area contributed by atoms with Crippen molar-refractivity contribution in [3.05, 3.63) is 77.1 Å². The minimum atomic E-state index is -1.03. The standard InChI is InChI=1S/C24H24N2O5/c1-14-21(16(3)27)15(2)25-22(14)24(29)30-17(4)23(28)26-18-10-12-20(13-11-18)31-19-8-6-5-7-9-19/h5-13,17,25H,1-4H3,(H,26,28)/t17-/m1/s1. The molecule has 3 aromatic rings. The molecule has 1 amide bonds. The van der Waals surface area contributed by atoms with E-state index < -0.39 is 18.0 Å². The first-order valence-electron chi connectivity index (χ1n) is 9.81. The molecule has 0 bridgehead atoms. The molecule has 0 aliphatic rings. The van der Waals surface area contributed by atoms with E-state index in [1.54, 1.807) is 38.1 Å². The number of carbonyl (C=O) groups excluding carboxylic acids is 3. The minimum Gasteiger partial charge on any atom is -0.457 e. The van der Waals surface area contributed by atoms with Crippen LogP contribution in [0, 0.1) is 13.8 Å². The zero-order chi connectivity index (χ0) is 22.5. The van der Waals surface area contributed by atoms with E-state index in [0.29, 0.717) is 34.0 Å². The summed E-state index contributed by atoms with van der Waals surface area (Å²) in [6, 6.07) is 16.2. The van der Waals surface area contributed by atoms with Crippen LogP contribution in [0.5, 0.6) is 11.5 Å². The Balaban J connectivity index is 1.60. The van der Waals surface area contributed by atoms with Gasteiger partial charge >= 0.3 is 5.97 Å². The molecule has 1 aromatic heterocycles. The number of aromatic amines is 1. The van der Waals surface area contributed by atoms with Crippen LogP contribution >= 0.6 is 0 Å². The van der Waals surface area contributed by atoms with Gasteiger partial charge in [-0.05, 0) is 69.7 Å². The highest BCUT2D eigenvalue weighted by Crippen LogP contribution is 2.23. The van der Waals surface area contributed by atoms with E-state index in [-0.39, 0.29) is 11.5 Å². The molecule has 160 valence electrons. The summed E-state index contributed by atoms with van der Waals surface area (Å²) in [6.45, 7) is 6.30. The Hall–Kier alpha value is -3.87. The highest BCUT2D eigenvalue weighted by molar-refractivity contribution is 6.02. The van der Waals surface area contributed by atoms with Crippen molar-refractivity contribution in [2.75, 3.05) is 5.32 Å². The number of hydrogen-bond donors (Lipinski definition) is 2. The van der Waals surface area contributed by atoms with Crippen molar-refractivity contribution in [2.24, 2.45) is 0 Å². The van der Waals surface area contributed by atoms with Gasteiger partial charge in [-0.15, -0.1) is 0 Å². The molecule has 31 heavy (non-hydrogen) atoms. The van der Waals surface area contributed by atoms with Crippen LogP contribution in [0.2, 0.25) is 0 Å². The molecule has 1 atom stereocenters. The SMILES string of the molecule is CC(=O)c1c(C)[nH]c(C(=O)O[C@H](C)C(=O)Nc2ccc(Oc3ccccc3)cc2)c1C. The summed E-state index contributed by atoms with van der Waals surface area (Å²) < 4.78 is 11.0. The van der Waals surface area contributed by atoms with Crippen LogP contribution < -0.4 is 10.1 Å². The van der Waals surface area contributed by atoms with Crippen LogP contribution in [0.1, 0.15) is 46.0 Å². The second kappa shape index (κ2) is 9.30. The lowest BCUT2D eigenvalue weighted by atomic mass is 10.1. The number of carbonyl (C=O) groups is 3. The molecule has 0 saturated heterocycles. The Morgan fingerprint density at radius 3 is 2.13 bits per heavy atom. The second-order valence-electron chi connectivity index (χ2n) is 7.16. The van der Waals surface area contributed by atoms with Gasteiger partial charge in [0.05, 0.1) is 0 Å². The number of anilines is 1. The number of rotatable bonds is 7. The highest BCUT2D eigenvalue weighted by atomic mass is 16.5. The van der Waals surface area contributed by atoms with Gasteiger partial charge in [0.25, 0.3) is 5.91 Å². The summed E-state index contributed by atoms with van der Waals surface area (Å²) in [5, 5.41) is 2.70. The molecule has 0 aliphatic heterocycles. The largest absolute Gasteiger partial charge is 0.457 e. The van der Waals surface area contributed by atoms with Crippen LogP contribution in [-0.2, 0) is 9.53 Å². The Morgan fingerprint density at radius 1 is 0.935 bits per heavy atom. The predicted molar refractivity (Wildman–Crippen MR) is 117 cm³/mol. The maximum Gasteiger partial charge on any atom is 0.355 e. The molecule has 3 rings (SSSR count). The summed E-state index contributed by atoms with van der Waals surface area (Å²) >= 11 is 0. The lowest BCUT2D eigenvalue weighted by Crippen LogP contribution is -2.30. The molecule has 2 aromatic carbocycles. The van der Waals surface area contributed by atoms with Crippen molar-refractivity contribution in [1.82, 2.24) is 4.98 Å². The summed E-state index contributed by atoms with van der Waals surface area (Å²) in [5.41, 5.74) is 2.27. The molecule has 0 unspecified atom stereocenters. The van der Waals surface area contributed by atoms with Crippen molar-refractivity contribution in [2.45, 2.75) is 33.8 Å². The van der Waals surface area contributed by atoms with E-state index in [0.717, 1.165) is 0 Å². The quantitative estimate of drug-likeness (QED) is 0.422. The first-order chi connectivity index (χ1) is 14.8. The highest BCUT2D eigenvalue weighted by Gasteiger charge is 2.24. The van der Waals surface area contributed by atoms with Gasteiger partial charge in [0.2, 0.25) is 0 Å². The number of benzene rings is 2. The van der Waals surface area contributed by atoms with E-state index in [9.17, 15) is 14.4 Å². The zero-order valence-corrected chi connectivity index (χ0v) is 17.8. The average molecular weight is 420 g/mol. The molecule has 0 fully saturated rings. The lowest BCUT2D eigenvalue weighted by Gasteiger charge is -2.14. The Kier molecular flexibility index (Phi) is 6.55. The van der Waals surface area contributed by atoms with Crippen LogP contribution in [0.25, 0.3) is 0 Å². The van der Waals surface area contributed by atoms with Gasteiger partial charge in [-0.1, -0.05) is 18.2 Å². The molecule has 7 heteroatoms. The number of Topliss-reactive ketones (excluding diaryl/α,β-unsaturated/α-hetero) is 1. The van der Waals surface area contributed by atoms with E-state index in [1.807, 2.05) is 30.3 Å². The maximum atomic E-state index is 12.5. The number of aryl methyl sites for hydroxylation is 1. The van der Waals surface area contributed by atoms with E-state index in [4.69, 9.17) is 9.47 Å². The normalized spacial score (nSPS) is 11.5. The molecule has 0 aliphatic carbocycles. The lowest BCUT2D eigenvalue weighted by molar-refractivity contribution is -0.123. The molecule has 0 saturated carbocycles. The van der Waals surface area contributed by atoms with Gasteiger partial charge in [0.15, 0.2) is 11.9 Å².